The molecular weight excluding hydrogens is 463 g/mol. The van der Waals surface area contributed by atoms with Gasteiger partial charge >= 0.3 is 5.97 Å². The second kappa shape index (κ2) is 11.5. The minimum absolute atomic E-state index is 0.0125. The molecule has 2 aromatic carbocycles. The highest BCUT2D eigenvalue weighted by atomic mass is 19.1. The summed E-state index contributed by atoms with van der Waals surface area (Å²) in [6, 6.07) is 10.5. The zero-order chi connectivity index (χ0) is 25.5. The van der Waals surface area contributed by atoms with E-state index in [4.69, 9.17) is 4.74 Å². The first-order valence-electron chi connectivity index (χ1n) is 11.8. The smallest absolute Gasteiger partial charge is 0.337 e. The number of benzene rings is 2. The molecule has 9 heteroatoms. The summed E-state index contributed by atoms with van der Waals surface area (Å²) >= 11 is 0. The molecule has 2 amide bonds. The van der Waals surface area contributed by atoms with Gasteiger partial charge in [0.2, 0.25) is 5.91 Å². The molecule has 0 spiro atoms. The minimum atomic E-state index is -1.16. The summed E-state index contributed by atoms with van der Waals surface area (Å²) in [6.07, 6.45) is 8.95. The maximum Gasteiger partial charge on any atom is 0.337 e. The van der Waals surface area contributed by atoms with Crippen LogP contribution in [0.3, 0.4) is 0 Å². The number of nitrogens with one attached hydrogen (secondary N) is 1. The van der Waals surface area contributed by atoms with Crippen molar-refractivity contribution in [3.63, 3.8) is 0 Å². The van der Waals surface area contributed by atoms with Gasteiger partial charge in [0.1, 0.15) is 17.6 Å². The number of aromatic nitrogens is 2. The fourth-order valence-electron chi connectivity index (χ4n) is 4.41. The van der Waals surface area contributed by atoms with Crippen molar-refractivity contribution in [2.45, 2.75) is 44.2 Å². The zero-order valence-electron chi connectivity index (χ0n) is 19.9. The van der Waals surface area contributed by atoms with Gasteiger partial charge in [0.15, 0.2) is 0 Å². The second-order valence-corrected chi connectivity index (χ2v) is 8.61. The quantitative estimate of drug-likeness (QED) is 0.497. The van der Waals surface area contributed by atoms with E-state index in [1.807, 2.05) is 0 Å². The van der Waals surface area contributed by atoms with E-state index in [1.54, 1.807) is 18.2 Å². The average Bonchev–Trinajstić information content (AvgIpc) is 2.92. The third-order valence-corrected chi connectivity index (χ3v) is 6.19. The Morgan fingerprint density at radius 1 is 1.06 bits per heavy atom. The number of halogens is 1. The van der Waals surface area contributed by atoms with Gasteiger partial charge in [-0.15, -0.1) is 0 Å². The fourth-order valence-corrected chi connectivity index (χ4v) is 4.41. The molecule has 0 bridgehead atoms. The number of carbonyl (C=O) groups is 3. The van der Waals surface area contributed by atoms with E-state index >= 15 is 0 Å². The Labute approximate surface area is 208 Å². The van der Waals surface area contributed by atoms with E-state index in [1.165, 1.54) is 60.9 Å². The Morgan fingerprint density at radius 3 is 2.47 bits per heavy atom. The van der Waals surface area contributed by atoms with Crippen LogP contribution in [-0.2, 0) is 9.53 Å². The van der Waals surface area contributed by atoms with E-state index in [2.05, 4.69) is 15.3 Å². The van der Waals surface area contributed by atoms with E-state index < -0.39 is 29.6 Å². The number of nitrogens with zero attached hydrogens (tertiary/aromatic N) is 3. The van der Waals surface area contributed by atoms with Crippen LogP contribution in [0, 0.1) is 5.82 Å². The van der Waals surface area contributed by atoms with E-state index in [0.717, 1.165) is 32.1 Å². The maximum atomic E-state index is 13.8. The van der Waals surface area contributed by atoms with Crippen molar-refractivity contribution < 1.29 is 23.5 Å². The highest BCUT2D eigenvalue weighted by Gasteiger charge is 2.35. The third kappa shape index (κ3) is 5.73. The van der Waals surface area contributed by atoms with Crippen LogP contribution in [0.5, 0.6) is 0 Å². The van der Waals surface area contributed by atoms with E-state index in [0.29, 0.717) is 5.56 Å². The summed E-state index contributed by atoms with van der Waals surface area (Å²) in [6.45, 7) is 0. The first kappa shape index (κ1) is 25.0. The molecule has 0 unspecified atom stereocenters. The SMILES string of the molecule is COC(=O)c1cccc(N(C(=O)c2cnccn2)[C@@H](C(=O)NC2CCCCC2)c2ccc(F)cc2)c1. The molecular formula is C27H27FN4O4. The summed E-state index contributed by atoms with van der Waals surface area (Å²) < 4.78 is 18.6. The van der Waals surface area contributed by atoms with Crippen LogP contribution in [0.15, 0.2) is 67.1 Å². The number of rotatable bonds is 7. The number of methoxy groups -OCH3 is 1. The summed E-state index contributed by atoms with van der Waals surface area (Å²) in [5.74, 6) is -2.06. The summed E-state index contributed by atoms with van der Waals surface area (Å²) in [5, 5.41) is 3.08. The lowest BCUT2D eigenvalue weighted by molar-refractivity contribution is -0.123. The molecule has 186 valence electrons. The van der Waals surface area contributed by atoms with E-state index in [9.17, 15) is 18.8 Å². The molecule has 1 N–H and O–H groups in total. The Bertz CT molecular complexity index is 1210. The molecule has 1 aliphatic rings. The number of hydrogen-bond acceptors (Lipinski definition) is 6. The number of esters is 1. The highest BCUT2D eigenvalue weighted by Crippen LogP contribution is 2.31. The molecule has 1 heterocycles. The zero-order valence-corrected chi connectivity index (χ0v) is 19.9. The number of carbonyl (C=O) groups excluding carboxylic acids is 3. The van der Waals surface area contributed by atoms with Gasteiger partial charge in [0.25, 0.3) is 5.91 Å². The molecule has 1 atom stereocenters. The maximum absolute atomic E-state index is 13.8. The minimum Gasteiger partial charge on any atom is -0.465 e. The molecule has 0 saturated heterocycles. The van der Waals surface area contributed by atoms with Crippen molar-refractivity contribution in [3.8, 4) is 0 Å². The second-order valence-electron chi connectivity index (χ2n) is 8.61. The lowest BCUT2D eigenvalue weighted by atomic mass is 9.94. The van der Waals surface area contributed by atoms with Crippen LogP contribution >= 0.6 is 0 Å². The fraction of sp³-hybridized carbons (Fsp3) is 0.296. The van der Waals surface area contributed by atoms with Crippen molar-refractivity contribution in [2.75, 3.05) is 12.0 Å². The van der Waals surface area contributed by atoms with Gasteiger partial charge in [-0.2, -0.15) is 0 Å². The number of amides is 2. The first-order valence-corrected chi connectivity index (χ1v) is 11.8. The molecule has 0 aliphatic heterocycles. The Kier molecular flexibility index (Phi) is 7.99. The van der Waals surface area contributed by atoms with Gasteiger partial charge in [-0.25, -0.2) is 14.2 Å². The van der Waals surface area contributed by atoms with Gasteiger partial charge in [0.05, 0.1) is 18.9 Å². The average molecular weight is 491 g/mol. The van der Waals surface area contributed by atoms with Crippen molar-refractivity contribution in [1.82, 2.24) is 15.3 Å². The predicted octanol–water partition coefficient (Wildman–Crippen LogP) is 4.24. The standard InChI is InChI=1S/C27H27FN4O4/c1-36-27(35)19-6-5-9-22(16-19)32(26(34)23-17-29-14-15-30-23)24(18-10-12-20(28)13-11-18)25(33)31-21-7-3-2-4-8-21/h5-6,9-17,21,24H,2-4,7-8H2,1H3,(H,31,33)/t24-/m1/s1. The van der Waals surface area contributed by atoms with Gasteiger partial charge < -0.3 is 10.1 Å². The van der Waals surface area contributed by atoms with Gasteiger partial charge in [-0.3, -0.25) is 19.5 Å². The number of anilines is 1. The normalized spacial score (nSPS) is 14.5. The number of hydrogen-bond donors (Lipinski definition) is 1. The molecule has 3 aromatic rings. The van der Waals surface area contributed by atoms with Gasteiger partial charge in [0, 0.05) is 24.1 Å². The lowest BCUT2D eigenvalue weighted by Gasteiger charge is -2.33. The molecule has 1 fully saturated rings. The van der Waals surface area contributed by atoms with Crippen molar-refractivity contribution >= 4 is 23.5 Å². The van der Waals surface area contributed by atoms with Crippen LogP contribution in [0.1, 0.15) is 64.6 Å². The van der Waals surface area contributed by atoms with Crippen molar-refractivity contribution in [3.05, 3.63) is 89.8 Å². The predicted molar refractivity (Wildman–Crippen MR) is 131 cm³/mol. The van der Waals surface area contributed by atoms with Crippen LogP contribution < -0.4 is 10.2 Å². The van der Waals surface area contributed by atoms with Gasteiger partial charge in [-0.1, -0.05) is 37.5 Å². The lowest BCUT2D eigenvalue weighted by Crippen LogP contribution is -2.47. The molecule has 8 nitrogen and oxygen atoms in total. The summed E-state index contributed by atoms with van der Waals surface area (Å²) in [4.78, 5) is 49.2. The molecule has 1 aliphatic carbocycles. The third-order valence-electron chi connectivity index (χ3n) is 6.19. The van der Waals surface area contributed by atoms with Crippen LogP contribution in [0.25, 0.3) is 0 Å². The summed E-state index contributed by atoms with van der Waals surface area (Å²) in [7, 11) is 1.26. The largest absolute Gasteiger partial charge is 0.465 e. The van der Waals surface area contributed by atoms with Gasteiger partial charge in [-0.05, 0) is 48.7 Å². The topological polar surface area (TPSA) is 101 Å². The number of ether oxygens (including phenoxy) is 1. The first-order chi connectivity index (χ1) is 17.5. The van der Waals surface area contributed by atoms with E-state index in [-0.39, 0.29) is 23.0 Å². The Balaban J connectivity index is 1.83. The van der Waals surface area contributed by atoms with Crippen LogP contribution in [0.2, 0.25) is 0 Å². The molecule has 0 radical (unpaired) electrons. The Hall–Kier alpha value is -4.14. The van der Waals surface area contributed by atoms with Crippen molar-refractivity contribution in [1.29, 1.82) is 0 Å². The highest BCUT2D eigenvalue weighted by molar-refractivity contribution is 6.09. The summed E-state index contributed by atoms with van der Waals surface area (Å²) in [5.41, 5.74) is 0.906. The molecule has 1 saturated carbocycles. The monoisotopic (exact) mass is 490 g/mol. The van der Waals surface area contributed by atoms with Crippen LogP contribution in [-0.4, -0.2) is 40.9 Å². The molecule has 1 aromatic heterocycles. The molecule has 4 rings (SSSR count). The van der Waals surface area contributed by atoms with Crippen LogP contribution in [0.4, 0.5) is 10.1 Å². The Morgan fingerprint density at radius 2 is 1.81 bits per heavy atom. The molecule has 36 heavy (non-hydrogen) atoms. The van der Waals surface area contributed by atoms with Crippen molar-refractivity contribution in [2.24, 2.45) is 0 Å².